The molecule has 3 rings (SSSR count). The highest BCUT2D eigenvalue weighted by Gasteiger charge is 2.17. The molecule has 0 amide bonds. The van der Waals surface area contributed by atoms with Crippen LogP contribution >= 0.6 is 0 Å². The highest BCUT2D eigenvalue weighted by Crippen LogP contribution is 2.31. The van der Waals surface area contributed by atoms with E-state index in [4.69, 9.17) is 10.5 Å². The molecule has 3 aromatic rings. The van der Waals surface area contributed by atoms with E-state index in [1.165, 1.54) is 7.11 Å². The third kappa shape index (κ3) is 1.96. The minimum atomic E-state index is -0.503. The number of anilines is 1. The summed E-state index contributed by atoms with van der Waals surface area (Å²) >= 11 is 0. The van der Waals surface area contributed by atoms with E-state index in [0.29, 0.717) is 22.3 Å². The van der Waals surface area contributed by atoms with Gasteiger partial charge in [-0.1, -0.05) is 6.07 Å². The van der Waals surface area contributed by atoms with E-state index in [0.717, 1.165) is 10.1 Å². The smallest absolute Gasteiger partial charge is 0.282 e. The number of methoxy groups -OCH3 is 1. The molecule has 1 aromatic carbocycles. The van der Waals surface area contributed by atoms with Crippen LogP contribution < -0.4 is 16.0 Å². The third-order valence-corrected chi connectivity index (χ3v) is 3.60. The molecule has 0 saturated heterocycles. The lowest BCUT2D eigenvalue weighted by Gasteiger charge is -2.14. The van der Waals surface area contributed by atoms with Crippen molar-refractivity contribution in [1.82, 2.24) is 9.55 Å². The molecule has 0 unspecified atom stereocenters. The second-order valence-electron chi connectivity index (χ2n) is 4.93. The number of ether oxygens (including phenoxy) is 1. The Labute approximate surface area is 126 Å². The van der Waals surface area contributed by atoms with Crippen LogP contribution in [0.25, 0.3) is 16.6 Å². The van der Waals surface area contributed by atoms with Gasteiger partial charge in [0.05, 0.1) is 7.11 Å². The van der Waals surface area contributed by atoms with Crippen LogP contribution in [0.2, 0.25) is 0 Å². The van der Waals surface area contributed by atoms with Crippen molar-refractivity contribution in [2.45, 2.75) is 6.92 Å². The van der Waals surface area contributed by atoms with Gasteiger partial charge >= 0.3 is 0 Å². The molecule has 22 heavy (non-hydrogen) atoms. The van der Waals surface area contributed by atoms with Gasteiger partial charge in [-0.15, -0.1) is 0 Å². The number of benzene rings is 1. The molecule has 0 fully saturated rings. The molecule has 0 saturated carbocycles. The van der Waals surface area contributed by atoms with Crippen molar-refractivity contribution in [2.24, 2.45) is 0 Å². The Hall–Kier alpha value is -3.02. The first kappa shape index (κ1) is 13.9. The highest BCUT2D eigenvalue weighted by molar-refractivity contribution is 5.96. The van der Waals surface area contributed by atoms with E-state index in [1.54, 1.807) is 43.5 Å². The fourth-order valence-electron chi connectivity index (χ4n) is 2.43. The van der Waals surface area contributed by atoms with E-state index in [-0.39, 0.29) is 11.6 Å². The minimum Gasteiger partial charge on any atom is -0.497 e. The Bertz CT molecular complexity index is 932. The lowest BCUT2D eigenvalue weighted by Crippen LogP contribution is -2.23. The fourth-order valence-corrected chi connectivity index (χ4v) is 2.43. The van der Waals surface area contributed by atoms with Gasteiger partial charge in [-0.25, -0.2) is 9.55 Å². The second-order valence-corrected chi connectivity index (χ2v) is 4.93. The quantitative estimate of drug-likeness (QED) is 0.755. The van der Waals surface area contributed by atoms with E-state index in [1.807, 2.05) is 0 Å². The standard InChI is InChI=1S/C16H15N3O3/c1-9-4-3-7-18-14(9)19-15(20)12-8-10(22-2)5-6-11(12)13(17)16(19)21/h3-8,20H,17H2,1-2H3. The highest BCUT2D eigenvalue weighted by atomic mass is 16.5. The molecule has 0 aliphatic carbocycles. The molecule has 0 radical (unpaired) electrons. The largest absolute Gasteiger partial charge is 0.497 e. The summed E-state index contributed by atoms with van der Waals surface area (Å²) in [6.07, 6.45) is 1.56. The van der Waals surface area contributed by atoms with Crippen LogP contribution in [0.3, 0.4) is 0 Å². The molecule has 0 bridgehead atoms. The number of nitrogen functional groups attached to an aromatic ring is 1. The first-order valence-corrected chi connectivity index (χ1v) is 6.67. The van der Waals surface area contributed by atoms with Gasteiger partial charge in [0.1, 0.15) is 17.3 Å². The van der Waals surface area contributed by atoms with E-state index < -0.39 is 5.56 Å². The van der Waals surface area contributed by atoms with E-state index >= 15 is 0 Å². The van der Waals surface area contributed by atoms with Gasteiger partial charge in [-0.05, 0) is 36.8 Å². The number of nitrogens with two attached hydrogens (primary N) is 1. The third-order valence-electron chi connectivity index (χ3n) is 3.60. The zero-order chi connectivity index (χ0) is 15.9. The molecule has 3 N–H and O–H groups in total. The first-order chi connectivity index (χ1) is 10.5. The number of pyridine rings is 2. The zero-order valence-corrected chi connectivity index (χ0v) is 12.2. The molecule has 0 atom stereocenters. The fraction of sp³-hybridized carbons (Fsp3) is 0.125. The minimum absolute atomic E-state index is 0.0560. The summed E-state index contributed by atoms with van der Waals surface area (Å²) in [7, 11) is 1.53. The molecular weight excluding hydrogens is 282 g/mol. The molecular formula is C16H15N3O3. The Kier molecular flexibility index (Phi) is 3.21. The van der Waals surface area contributed by atoms with Gasteiger partial charge in [0.15, 0.2) is 0 Å². The lowest BCUT2D eigenvalue weighted by molar-refractivity contribution is 0.414. The van der Waals surface area contributed by atoms with Crippen LogP contribution in [-0.2, 0) is 0 Å². The molecule has 112 valence electrons. The van der Waals surface area contributed by atoms with Crippen molar-refractivity contribution in [3.05, 3.63) is 52.4 Å². The molecule has 2 heterocycles. The number of aromatic nitrogens is 2. The topological polar surface area (TPSA) is 90.4 Å². The number of fused-ring (bicyclic) bond motifs is 1. The second kappa shape index (κ2) is 5.07. The van der Waals surface area contributed by atoms with Crippen LogP contribution in [0.1, 0.15) is 5.56 Å². The monoisotopic (exact) mass is 297 g/mol. The van der Waals surface area contributed by atoms with Crippen molar-refractivity contribution < 1.29 is 9.84 Å². The van der Waals surface area contributed by atoms with Gasteiger partial charge < -0.3 is 15.6 Å². The van der Waals surface area contributed by atoms with Crippen LogP contribution in [0.15, 0.2) is 41.3 Å². The average molecular weight is 297 g/mol. The van der Waals surface area contributed by atoms with Crippen molar-refractivity contribution in [3.8, 4) is 17.4 Å². The Balaban J connectivity index is 2.46. The number of aromatic hydroxyl groups is 1. The predicted molar refractivity (Wildman–Crippen MR) is 84.7 cm³/mol. The summed E-state index contributed by atoms with van der Waals surface area (Å²) in [6.45, 7) is 1.81. The summed E-state index contributed by atoms with van der Waals surface area (Å²) in [5.41, 5.74) is 6.26. The SMILES string of the molecule is COc1ccc2c(N)c(=O)n(-c3ncccc3C)c(O)c2c1. The molecule has 6 nitrogen and oxygen atoms in total. The van der Waals surface area contributed by atoms with Gasteiger partial charge in [0, 0.05) is 17.0 Å². The molecule has 6 heteroatoms. The lowest BCUT2D eigenvalue weighted by atomic mass is 10.1. The summed E-state index contributed by atoms with van der Waals surface area (Å²) in [4.78, 5) is 16.7. The summed E-state index contributed by atoms with van der Waals surface area (Å²) < 4.78 is 6.28. The van der Waals surface area contributed by atoms with E-state index in [2.05, 4.69) is 4.98 Å². The molecule has 0 aliphatic heterocycles. The number of hydrogen-bond acceptors (Lipinski definition) is 5. The van der Waals surface area contributed by atoms with Crippen LogP contribution in [0.5, 0.6) is 11.6 Å². The number of aryl methyl sites for hydroxylation is 1. The van der Waals surface area contributed by atoms with E-state index in [9.17, 15) is 9.90 Å². The first-order valence-electron chi connectivity index (χ1n) is 6.67. The Morgan fingerprint density at radius 1 is 1.27 bits per heavy atom. The van der Waals surface area contributed by atoms with Gasteiger partial charge in [-0.2, -0.15) is 0 Å². The van der Waals surface area contributed by atoms with Crippen molar-refractivity contribution in [2.75, 3.05) is 12.8 Å². The number of nitrogens with zero attached hydrogens (tertiary/aromatic N) is 2. The van der Waals surface area contributed by atoms with Crippen LogP contribution in [-0.4, -0.2) is 21.8 Å². The van der Waals surface area contributed by atoms with Gasteiger partial charge in [0.2, 0.25) is 5.88 Å². The summed E-state index contributed by atoms with van der Waals surface area (Å²) in [5, 5.41) is 11.5. The number of rotatable bonds is 2. The summed E-state index contributed by atoms with van der Waals surface area (Å²) in [5.74, 6) is 0.696. The molecule has 0 aliphatic rings. The van der Waals surface area contributed by atoms with Gasteiger partial charge in [0.25, 0.3) is 5.56 Å². The predicted octanol–water partition coefficient (Wildman–Crippen LogP) is 1.99. The average Bonchev–Trinajstić information content (AvgIpc) is 2.54. The maximum absolute atomic E-state index is 12.5. The van der Waals surface area contributed by atoms with Crippen molar-refractivity contribution in [3.63, 3.8) is 0 Å². The molecule has 2 aromatic heterocycles. The Morgan fingerprint density at radius 2 is 2.05 bits per heavy atom. The normalized spacial score (nSPS) is 10.8. The van der Waals surface area contributed by atoms with Crippen LogP contribution in [0.4, 0.5) is 5.69 Å². The maximum Gasteiger partial charge on any atom is 0.282 e. The van der Waals surface area contributed by atoms with Crippen molar-refractivity contribution in [1.29, 1.82) is 0 Å². The Morgan fingerprint density at radius 3 is 2.73 bits per heavy atom. The summed E-state index contributed by atoms with van der Waals surface area (Å²) in [6, 6.07) is 8.54. The molecule has 0 spiro atoms. The zero-order valence-electron chi connectivity index (χ0n) is 12.2. The van der Waals surface area contributed by atoms with Crippen molar-refractivity contribution >= 4 is 16.5 Å². The maximum atomic E-state index is 12.5. The number of hydrogen-bond donors (Lipinski definition) is 2. The van der Waals surface area contributed by atoms with Gasteiger partial charge in [-0.3, -0.25) is 4.79 Å². The van der Waals surface area contributed by atoms with Crippen LogP contribution in [0, 0.1) is 6.92 Å².